The van der Waals surface area contributed by atoms with Gasteiger partial charge in [-0.3, -0.25) is 0 Å². The molecule has 0 bridgehead atoms. The predicted octanol–water partition coefficient (Wildman–Crippen LogP) is 1.25. The average Bonchev–Trinajstić information content (AvgIpc) is 2.34. The van der Waals surface area contributed by atoms with Gasteiger partial charge in [0.25, 0.3) is 0 Å². The van der Waals surface area contributed by atoms with Crippen molar-refractivity contribution >= 4 is 11.9 Å². The zero-order chi connectivity index (χ0) is 17.3. The highest BCUT2D eigenvalue weighted by Gasteiger charge is 2.46. The Bertz CT molecular complexity index is 414. The van der Waals surface area contributed by atoms with Crippen LogP contribution in [-0.2, 0) is 19.1 Å². The van der Waals surface area contributed by atoms with E-state index in [1.807, 2.05) is 27.7 Å². The lowest BCUT2D eigenvalue weighted by Crippen LogP contribution is -2.60. The summed E-state index contributed by atoms with van der Waals surface area (Å²) in [7, 11) is 0. The van der Waals surface area contributed by atoms with Crippen LogP contribution in [0, 0.1) is 0 Å². The fourth-order valence-corrected chi connectivity index (χ4v) is 2.84. The Morgan fingerprint density at radius 3 is 1.95 bits per heavy atom. The number of piperidine rings is 1. The van der Waals surface area contributed by atoms with Crippen molar-refractivity contribution in [1.82, 2.24) is 5.06 Å². The van der Waals surface area contributed by atoms with Crippen LogP contribution in [0.25, 0.3) is 0 Å². The lowest BCUT2D eigenvalue weighted by Gasteiger charge is -2.50. The molecule has 22 heavy (non-hydrogen) atoms. The van der Waals surface area contributed by atoms with E-state index in [4.69, 9.17) is 14.6 Å². The maximum absolute atomic E-state index is 12.0. The van der Waals surface area contributed by atoms with Crippen LogP contribution < -0.4 is 0 Å². The predicted molar refractivity (Wildman–Crippen MR) is 78.1 cm³/mol. The van der Waals surface area contributed by atoms with Gasteiger partial charge in [0.05, 0.1) is 0 Å². The molecule has 1 fully saturated rings. The molecule has 0 aromatic heterocycles. The maximum atomic E-state index is 12.0. The van der Waals surface area contributed by atoms with Gasteiger partial charge in [0, 0.05) is 23.9 Å². The molecule has 0 aromatic carbocycles. The van der Waals surface area contributed by atoms with Crippen LogP contribution in [0.2, 0.25) is 0 Å². The fourth-order valence-electron chi connectivity index (χ4n) is 2.84. The number of esters is 2. The van der Waals surface area contributed by atoms with Gasteiger partial charge < -0.3 is 19.8 Å². The van der Waals surface area contributed by atoms with Crippen LogP contribution in [0.3, 0.4) is 0 Å². The number of ether oxygens (including phenoxy) is 2. The number of hydrogen-bond donors (Lipinski definition) is 2. The molecule has 2 unspecified atom stereocenters. The van der Waals surface area contributed by atoms with Crippen LogP contribution in [-0.4, -0.2) is 56.7 Å². The lowest BCUT2D eigenvalue weighted by molar-refractivity contribution is -0.260. The van der Waals surface area contributed by atoms with Gasteiger partial charge in [-0.15, -0.1) is 0 Å². The Labute approximate surface area is 131 Å². The second-order valence-electron chi connectivity index (χ2n) is 7.16. The SMILES string of the molecule is CC(O)C(=O)OC(C)C(=O)OC1CC(C)(C)N(O)C(C)(C)C1. The molecule has 128 valence electrons. The van der Waals surface area contributed by atoms with E-state index in [9.17, 15) is 14.8 Å². The molecular formula is C15H27NO6. The minimum Gasteiger partial charge on any atom is -0.459 e. The van der Waals surface area contributed by atoms with Crippen molar-refractivity contribution in [2.24, 2.45) is 0 Å². The third kappa shape index (κ3) is 4.41. The second kappa shape index (κ2) is 6.52. The monoisotopic (exact) mass is 317 g/mol. The summed E-state index contributed by atoms with van der Waals surface area (Å²) in [6.45, 7) is 10.1. The fraction of sp³-hybridized carbons (Fsp3) is 0.867. The van der Waals surface area contributed by atoms with E-state index in [2.05, 4.69) is 0 Å². The molecule has 7 heteroatoms. The summed E-state index contributed by atoms with van der Waals surface area (Å²) in [5, 5.41) is 20.6. The number of hydroxylamine groups is 2. The number of hydrogen-bond acceptors (Lipinski definition) is 7. The molecule has 1 rings (SSSR count). The summed E-state index contributed by atoms with van der Waals surface area (Å²) in [4.78, 5) is 23.3. The normalized spacial score (nSPS) is 24.4. The van der Waals surface area contributed by atoms with Gasteiger partial charge in [-0.1, -0.05) is 0 Å². The highest BCUT2D eigenvalue weighted by Crippen LogP contribution is 2.38. The first kappa shape index (κ1) is 18.9. The smallest absolute Gasteiger partial charge is 0.347 e. The molecule has 1 aliphatic heterocycles. The zero-order valence-corrected chi connectivity index (χ0v) is 14.1. The molecule has 2 atom stereocenters. The number of aliphatic hydroxyl groups excluding tert-OH is 1. The molecule has 0 saturated carbocycles. The minimum atomic E-state index is -1.29. The van der Waals surface area contributed by atoms with E-state index >= 15 is 0 Å². The van der Waals surface area contributed by atoms with Gasteiger partial charge in [-0.2, -0.15) is 5.06 Å². The third-order valence-electron chi connectivity index (χ3n) is 3.85. The number of carbonyl (C=O) groups excluding carboxylic acids is 2. The van der Waals surface area contributed by atoms with Gasteiger partial charge in [0.2, 0.25) is 0 Å². The quantitative estimate of drug-likeness (QED) is 0.753. The molecule has 0 aliphatic carbocycles. The van der Waals surface area contributed by atoms with Crippen molar-refractivity contribution in [3.63, 3.8) is 0 Å². The molecule has 0 aromatic rings. The van der Waals surface area contributed by atoms with Crippen molar-refractivity contribution in [3.8, 4) is 0 Å². The molecular weight excluding hydrogens is 290 g/mol. The Balaban J connectivity index is 2.66. The van der Waals surface area contributed by atoms with Gasteiger partial charge in [0.15, 0.2) is 6.10 Å². The Hall–Kier alpha value is -1.18. The molecule has 0 amide bonds. The largest absolute Gasteiger partial charge is 0.459 e. The van der Waals surface area contributed by atoms with Crippen LogP contribution in [0.15, 0.2) is 0 Å². The molecule has 1 aliphatic rings. The first-order valence-electron chi connectivity index (χ1n) is 7.45. The van der Waals surface area contributed by atoms with E-state index in [1.54, 1.807) is 0 Å². The standard InChI is InChI=1S/C15H27NO6/c1-9(17)12(18)21-10(2)13(19)22-11-7-14(3,4)16(20)15(5,6)8-11/h9-11,17,20H,7-8H2,1-6H3. The van der Waals surface area contributed by atoms with E-state index in [-0.39, 0.29) is 6.10 Å². The maximum Gasteiger partial charge on any atom is 0.347 e. The first-order valence-corrected chi connectivity index (χ1v) is 7.45. The van der Waals surface area contributed by atoms with Crippen molar-refractivity contribution in [3.05, 3.63) is 0 Å². The van der Waals surface area contributed by atoms with Crippen molar-refractivity contribution < 1.29 is 29.4 Å². The van der Waals surface area contributed by atoms with Gasteiger partial charge in [0.1, 0.15) is 12.2 Å². The topological polar surface area (TPSA) is 96.3 Å². The zero-order valence-electron chi connectivity index (χ0n) is 14.1. The highest BCUT2D eigenvalue weighted by molar-refractivity contribution is 5.80. The van der Waals surface area contributed by atoms with Crippen molar-refractivity contribution in [2.45, 2.75) is 83.8 Å². The highest BCUT2D eigenvalue weighted by atomic mass is 16.6. The summed E-state index contributed by atoms with van der Waals surface area (Å²) in [6, 6.07) is 0. The molecule has 1 heterocycles. The number of nitrogens with zero attached hydrogens (tertiary/aromatic N) is 1. The summed E-state index contributed by atoms with van der Waals surface area (Å²) in [6.07, 6.45) is -1.81. The lowest BCUT2D eigenvalue weighted by atomic mass is 9.80. The van der Waals surface area contributed by atoms with Gasteiger partial charge in [-0.25, -0.2) is 9.59 Å². The van der Waals surface area contributed by atoms with Crippen LogP contribution >= 0.6 is 0 Å². The molecule has 2 N–H and O–H groups in total. The van der Waals surface area contributed by atoms with Crippen molar-refractivity contribution in [1.29, 1.82) is 0 Å². The third-order valence-corrected chi connectivity index (χ3v) is 3.85. The summed E-state index contributed by atoms with van der Waals surface area (Å²) in [5.41, 5.74) is -1.07. The summed E-state index contributed by atoms with van der Waals surface area (Å²) >= 11 is 0. The first-order chi connectivity index (χ1) is 9.86. The molecule has 0 spiro atoms. The summed E-state index contributed by atoms with van der Waals surface area (Å²) in [5.74, 6) is -1.52. The van der Waals surface area contributed by atoms with E-state index < -0.39 is 35.2 Å². The van der Waals surface area contributed by atoms with Crippen molar-refractivity contribution in [2.75, 3.05) is 0 Å². The Morgan fingerprint density at radius 1 is 1.09 bits per heavy atom. The minimum absolute atomic E-state index is 0.381. The van der Waals surface area contributed by atoms with E-state index in [0.717, 1.165) is 0 Å². The van der Waals surface area contributed by atoms with Crippen LogP contribution in [0.5, 0.6) is 0 Å². The van der Waals surface area contributed by atoms with E-state index in [0.29, 0.717) is 12.8 Å². The molecule has 7 nitrogen and oxygen atoms in total. The number of carbonyl (C=O) groups is 2. The molecule has 0 radical (unpaired) electrons. The van der Waals surface area contributed by atoms with Gasteiger partial charge in [-0.05, 0) is 41.5 Å². The average molecular weight is 317 g/mol. The second-order valence-corrected chi connectivity index (χ2v) is 7.16. The molecule has 1 saturated heterocycles. The Kier molecular flexibility index (Phi) is 5.59. The van der Waals surface area contributed by atoms with E-state index in [1.165, 1.54) is 18.9 Å². The van der Waals surface area contributed by atoms with Gasteiger partial charge >= 0.3 is 11.9 Å². The number of aliphatic hydroxyl groups is 1. The van der Waals surface area contributed by atoms with Crippen LogP contribution in [0.4, 0.5) is 0 Å². The Morgan fingerprint density at radius 2 is 1.55 bits per heavy atom. The number of rotatable bonds is 4. The van der Waals surface area contributed by atoms with Crippen LogP contribution in [0.1, 0.15) is 54.4 Å². The summed E-state index contributed by atoms with van der Waals surface area (Å²) < 4.78 is 10.2.